The number of ether oxygens (including phenoxy) is 4. The Balaban J connectivity index is 1.56. The molecule has 0 bridgehead atoms. The zero-order valence-electron chi connectivity index (χ0n) is 19.5. The van der Waals surface area contributed by atoms with Crippen molar-refractivity contribution in [2.24, 2.45) is 0 Å². The fourth-order valence-electron chi connectivity index (χ4n) is 4.82. The topological polar surface area (TPSA) is 96.7 Å². The first kappa shape index (κ1) is 21.8. The molecule has 34 heavy (non-hydrogen) atoms. The number of rotatable bonds is 6. The van der Waals surface area contributed by atoms with Gasteiger partial charge in [-0.05, 0) is 47.7 Å². The number of anilines is 1. The number of ketones is 1. The molecule has 5 rings (SSSR count). The maximum atomic E-state index is 13.6. The van der Waals surface area contributed by atoms with Crippen molar-refractivity contribution < 1.29 is 23.7 Å². The molecule has 1 aliphatic heterocycles. The average Bonchev–Trinajstić information content (AvgIpc) is 3.34. The van der Waals surface area contributed by atoms with Crippen LogP contribution in [0, 0.1) is 0 Å². The number of methoxy groups -OCH3 is 4. The van der Waals surface area contributed by atoms with Gasteiger partial charge in [0.2, 0.25) is 11.7 Å². The molecule has 2 heterocycles. The number of nitrogens with zero attached hydrogens (tertiary/aromatic N) is 3. The third kappa shape index (κ3) is 3.53. The maximum Gasteiger partial charge on any atom is 0.226 e. The first-order valence-corrected chi connectivity index (χ1v) is 10.9. The Labute approximate surface area is 197 Å². The number of carbonyl (C=O) groups excluding carboxylic acids is 1. The lowest BCUT2D eigenvalue weighted by Gasteiger charge is -2.35. The lowest BCUT2D eigenvalue weighted by molar-refractivity contribution is -0.116. The Morgan fingerprint density at radius 3 is 2.24 bits per heavy atom. The molecule has 1 N–H and O–H groups in total. The highest BCUT2D eigenvalue weighted by Crippen LogP contribution is 2.47. The number of Topliss-reactive ketones (excluding diaryl/α,β-unsaturated/α-hetero) is 1. The Morgan fingerprint density at radius 2 is 1.62 bits per heavy atom. The summed E-state index contributed by atoms with van der Waals surface area (Å²) in [5, 5.41) is 7.75. The molecule has 2 unspecified atom stereocenters. The standard InChI is InChI=1S/C25H26N4O5/c1-31-17-7-5-14(6-8-17)23-22-18(28-25-26-13-27-29(23)25)9-15(10-19(22)30)16-11-20(32-2)24(34-4)21(12-16)33-3/h5-8,11-13,15,23H,9-10H2,1-4H3,(H,26,27,28). The molecule has 2 aliphatic rings. The number of aromatic nitrogens is 3. The quantitative estimate of drug-likeness (QED) is 0.592. The highest BCUT2D eigenvalue weighted by Gasteiger charge is 2.39. The molecule has 1 aromatic heterocycles. The predicted octanol–water partition coefficient (Wildman–Crippen LogP) is 3.73. The molecular weight excluding hydrogens is 436 g/mol. The summed E-state index contributed by atoms with van der Waals surface area (Å²) in [5.41, 5.74) is 3.47. The predicted molar refractivity (Wildman–Crippen MR) is 125 cm³/mol. The zero-order valence-corrected chi connectivity index (χ0v) is 19.5. The van der Waals surface area contributed by atoms with Gasteiger partial charge in [-0.15, -0.1) is 0 Å². The Morgan fingerprint density at radius 1 is 0.912 bits per heavy atom. The van der Waals surface area contributed by atoms with Gasteiger partial charge in [-0.25, -0.2) is 4.68 Å². The second kappa shape index (κ2) is 8.74. The molecule has 0 amide bonds. The number of hydrogen-bond donors (Lipinski definition) is 1. The van der Waals surface area contributed by atoms with Crippen LogP contribution in [-0.2, 0) is 4.79 Å². The van der Waals surface area contributed by atoms with Crippen LogP contribution < -0.4 is 24.3 Å². The van der Waals surface area contributed by atoms with E-state index >= 15 is 0 Å². The van der Waals surface area contributed by atoms with Gasteiger partial charge in [-0.1, -0.05) is 12.1 Å². The van der Waals surface area contributed by atoms with E-state index in [1.54, 1.807) is 33.1 Å². The largest absolute Gasteiger partial charge is 0.497 e. The molecule has 9 nitrogen and oxygen atoms in total. The van der Waals surface area contributed by atoms with Crippen molar-refractivity contribution in [1.29, 1.82) is 0 Å². The molecule has 0 fully saturated rings. The normalized spacial score (nSPS) is 19.1. The van der Waals surface area contributed by atoms with Crippen LogP contribution in [0.25, 0.3) is 0 Å². The van der Waals surface area contributed by atoms with E-state index in [4.69, 9.17) is 18.9 Å². The van der Waals surface area contributed by atoms with Gasteiger partial charge >= 0.3 is 0 Å². The van der Waals surface area contributed by atoms with E-state index in [2.05, 4.69) is 15.4 Å². The summed E-state index contributed by atoms with van der Waals surface area (Å²) in [6.45, 7) is 0. The third-order valence-corrected chi connectivity index (χ3v) is 6.45. The maximum absolute atomic E-state index is 13.6. The molecular formula is C25H26N4O5. The number of benzene rings is 2. The molecule has 0 saturated carbocycles. The molecule has 1 aliphatic carbocycles. The van der Waals surface area contributed by atoms with E-state index in [1.165, 1.54) is 6.33 Å². The van der Waals surface area contributed by atoms with Gasteiger partial charge in [0, 0.05) is 17.7 Å². The Kier molecular flexibility index (Phi) is 5.61. The van der Waals surface area contributed by atoms with E-state index in [0.717, 1.165) is 22.6 Å². The fourth-order valence-corrected chi connectivity index (χ4v) is 4.82. The van der Waals surface area contributed by atoms with Crippen LogP contribution in [0.3, 0.4) is 0 Å². The van der Waals surface area contributed by atoms with E-state index in [-0.39, 0.29) is 17.7 Å². The summed E-state index contributed by atoms with van der Waals surface area (Å²) in [5.74, 6) is 3.03. The average molecular weight is 463 g/mol. The monoisotopic (exact) mass is 462 g/mol. The van der Waals surface area contributed by atoms with Crippen LogP contribution >= 0.6 is 0 Å². The minimum atomic E-state index is -0.354. The highest BCUT2D eigenvalue weighted by atomic mass is 16.5. The minimum absolute atomic E-state index is 0.0570. The van der Waals surface area contributed by atoms with Gasteiger partial charge in [0.15, 0.2) is 17.3 Å². The summed E-state index contributed by atoms with van der Waals surface area (Å²) < 4.78 is 23.6. The Hall–Kier alpha value is -4.01. The summed E-state index contributed by atoms with van der Waals surface area (Å²) in [4.78, 5) is 18.0. The van der Waals surface area contributed by atoms with Gasteiger partial charge in [-0.3, -0.25) is 4.79 Å². The van der Waals surface area contributed by atoms with Crippen molar-refractivity contribution in [2.45, 2.75) is 24.8 Å². The van der Waals surface area contributed by atoms with Gasteiger partial charge in [0.05, 0.1) is 28.4 Å². The first-order chi connectivity index (χ1) is 16.6. The van der Waals surface area contributed by atoms with E-state index in [0.29, 0.717) is 41.6 Å². The molecule has 2 atom stereocenters. The van der Waals surface area contributed by atoms with Crippen LogP contribution in [0.1, 0.15) is 35.9 Å². The molecule has 3 aromatic rings. The summed E-state index contributed by atoms with van der Waals surface area (Å²) in [7, 11) is 6.37. The number of carbonyl (C=O) groups is 1. The van der Waals surface area contributed by atoms with Crippen molar-refractivity contribution in [3.05, 3.63) is 65.1 Å². The van der Waals surface area contributed by atoms with Crippen molar-refractivity contribution >= 4 is 11.7 Å². The van der Waals surface area contributed by atoms with Gasteiger partial charge in [0.1, 0.15) is 18.1 Å². The van der Waals surface area contributed by atoms with Crippen LogP contribution in [-0.4, -0.2) is 49.0 Å². The van der Waals surface area contributed by atoms with Crippen LogP contribution in [0.4, 0.5) is 5.95 Å². The van der Waals surface area contributed by atoms with E-state index < -0.39 is 0 Å². The van der Waals surface area contributed by atoms with Crippen LogP contribution in [0.15, 0.2) is 54.0 Å². The van der Waals surface area contributed by atoms with E-state index in [9.17, 15) is 4.79 Å². The highest BCUT2D eigenvalue weighted by molar-refractivity contribution is 6.00. The van der Waals surface area contributed by atoms with Crippen molar-refractivity contribution in [2.75, 3.05) is 33.8 Å². The Bertz CT molecular complexity index is 1240. The fraction of sp³-hybridized carbons (Fsp3) is 0.320. The van der Waals surface area contributed by atoms with Gasteiger partial charge < -0.3 is 24.3 Å². The number of fused-ring (bicyclic) bond motifs is 1. The second-order valence-corrected chi connectivity index (χ2v) is 8.21. The molecule has 0 spiro atoms. The lowest BCUT2D eigenvalue weighted by Crippen LogP contribution is -2.33. The van der Waals surface area contributed by atoms with Crippen molar-refractivity contribution in [3.8, 4) is 23.0 Å². The lowest BCUT2D eigenvalue weighted by atomic mass is 9.77. The van der Waals surface area contributed by atoms with Crippen LogP contribution in [0.2, 0.25) is 0 Å². The molecule has 2 aromatic carbocycles. The number of hydrogen-bond acceptors (Lipinski definition) is 8. The van der Waals surface area contributed by atoms with Gasteiger partial charge in [-0.2, -0.15) is 10.1 Å². The smallest absolute Gasteiger partial charge is 0.226 e. The molecule has 9 heteroatoms. The van der Waals surface area contributed by atoms with Crippen molar-refractivity contribution in [3.63, 3.8) is 0 Å². The number of allylic oxidation sites excluding steroid dienone is 2. The molecule has 0 radical (unpaired) electrons. The summed E-state index contributed by atoms with van der Waals surface area (Å²) in [6.07, 6.45) is 2.49. The first-order valence-electron chi connectivity index (χ1n) is 10.9. The van der Waals surface area contributed by atoms with Crippen LogP contribution in [0.5, 0.6) is 23.0 Å². The minimum Gasteiger partial charge on any atom is -0.497 e. The van der Waals surface area contributed by atoms with Gasteiger partial charge in [0.25, 0.3) is 0 Å². The van der Waals surface area contributed by atoms with Crippen molar-refractivity contribution in [1.82, 2.24) is 14.8 Å². The zero-order chi connectivity index (χ0) is 23.8. The summed E-state index contributed by atoms with van der Waals surface area (Å²) in [6, 6.07) is 11.2. The van der Waals surface area contributed by atoms with E-state index in [1.807, 2.05) is 36.4 Å². The number of nitrogens with one attached hydrogen (secondary N) is 1. The molecule has 176 valence electrons. The summed E-state index contributed by atoms with van der Waals surface area (Å²) >= 11 is 0. The molecule has 0 saturated heterocycles. The third-order valence-electron chi connectivity index (χ3n) is 6.45. The SMILES string of the molecule is COc1ccc(C2C3=C(CC(c4cc(OC)c(OC)c(OC)c4)CC3=O)Nc3ncnn32)cc1. The second-order valence-electron chi connectivity index (χ2n) is 8.21.